The van der Waals surface area contributed by atoms with E-state index in [-0.39, 0.29) is 0 Å². The van der Waals surface area contributed by atoms with Crippen molar-refractivity contribution in [1.29, 1.82) is 0 Å². The van der Waals surface area contributed by atoms with Gasteiger partial charge < -0.3 is 4.90 Å². The van der Waals surface area contributed by atoms with Gasteiger partial charge in [0.05, 0.1) is 5.41 Å². The number of anilines is 3. The summed E-state index contributed by atoms with van der Waals surface area (Å²) < 4.78 is 0. The minimum atomic E-state index is -0.558. The summed E-state index contributed by atoms with van der Waals surface area (Å²) in [6, 6.07) is 84.5. The first-order valence-electron chi connectivity index (χ1n) is 23.8. The first-order valence-corrected chi connectivity index (χ1v) is 23.8. The van der Waals surface area contributed by atoms with Crippen LogP contribution in [0.5, 0.6) is 0 Å². The van der Waals surface area contributed by atoms with Crippen LogP contribution >= 0.6 is 0 Å². The van der Waals surface area contributed by atoms with Gasteiger partial charge in [0.15, 0.2) is 0 Å². The molecule has 1 nitrogen and oxygen atoms in total. The summed E-state index contributed by atoms with van der Waals surface area (Å²) in [5.74, 6) is 0. The fraction of sp³-hybridized carbons (Fsp3) is 0.108. The average Bonchev–Trinajstić information content (AvgIpc) is 4.15. The number of benzene rings is 10. The van der Waals surface area contributed by atoms with Gasteiger partial charge in [-0.15, -0.1) is 0 Å². The second-order valence-electron chi connectivity index (χ2n) is 18.5. The third-order valence-corrected chi connectivity index (χ3v) is 15.1. The lowest BCUT2D eigenvalue weighted by molar-refractivity contribution is 0.768. The SMILES string of the molecule is c1ccc(-c2cccc3c2-c2ccc(N(c4ccc(-c5cccc6ccccc56)cc4)c4ccc(-c5cccc6c5CCC6)c5c4CCC5)cc2C3(c2ccccc2)c2ccccc2)cc1. The first kappa shape index (κ1) is 38.7. The predicted octanol–water partition coefficient (Wildman–Crippen LogP) is 16.7. The van der Waals surface area contributed by atoms with E-state index >= 15 is 0 Å². The van der Waals surface area contributed by atoms with E-state index in [1.54, 1.807) is 5.56 Å². The quantitative estimate of drug-likeness (QED) is 0.147. The van der Waals surface area contributed by atoms with E-state index in [0.29, 0.717) is 0 Å². The summed E-state index contributed by atoms with van der Waals surface area (Å²) in [4.78, 5) is 2.58. The standard InChI is InChI=1S/C65H49N/c1-4-17-46(18-5-1)55-30-16-34-61-64(55)60-40-39-51(43-62(60)65(61,48-23-6-2-7-24-48)49-25-8-3-9-26-49)66(50-37-35-47(36-38-50)53-28-12-20-44-19-10-11-27-52(44)53)63-42-41-58(57-32-15-33-59(57)63)56-31-14-22-45-21-13-29-54(45)56/h1-12,14,16-20,22-28,30-31,34-43H,13,15,21,29,32-33H2. The van der Waals surface area contributed by atoms with Crippen LogP contribution in [0.4, 0.5) is 17.1 Å². The Kier molecular flexibility index (Phi) is 9.24. The highest BCUT2D eigenvalue weighted by atomic mass is 15.1. The molecule has 0 aliphatic heterocycles. The molecule has 0 fully saturated rings. The van der Waals surface area contributed by atoms with Crippen molar-refractivity contribution in [3.8, 4) is 44.5 Å². The van der Waals surface area contributed by atoms with Gasteiger partial charge in [0.1, 0.15) is 0 Å². The number of aryl methyl sites for hydroxylation is 1. The normalized spacial score (nSPS) is 14.1. The minimum absolute atomic E-state index is 0.558. The molecule has 0 unspecified atom stereocenters. The summed E-state index contributed by atoms with van der Waals surface area (Å²) in [5.41, 5.74) is 24.7. The Labute approximate surface area is 388 Å². The lowest BCUT2D eigenvalue weighted by Gasteiger charge is -2.35. The van der Waals surface area contributed by atoms with Crippen LogP contribution in [0.3, 0.4) is 0 Å². The topological polar surface area (TPSA) is 3.24 Å². The molecule has 1 heteroatoms. The molecule has 0 bridgehead atoms. The lowest BCUT2D eigenvalue weighted by atomic mass is 9.67. The number of hydrogen-bond donors (Lipinski definition) is 0. The highest BCUT2D eigenvalue weighted by molar-refractivity contribution is 5.99. The fourth-order valence-electron chi connectivity index (χ4n) is 12.2. The Bertz CT molecular complexity index is 3410. The molecular formula is C65H49N. The molecule has 3 aliphatic rings. The van der Waals surface area contributed by atoms with E-state index in [1.165, 1.54) is 125 Å². The van der Waals surface area contributed by atoms with Gasteiger partial charge in [-0.25, -0.2) is 0 Å². The first-order chi connectivity index (χ1) is 32.8. The van der Waals surface area contributed by atoms with Crippen LogP contribution in [0.25, 0.3) is 55.3 Å². The van der Waals surface area contributed by atoms with Crippen molar-refractivity contribution in [3.05, 3.63) is 269 Å². The summed E-state index contributed by atoms with van der Waals surface area (Å²) >= 11 is 0. The molecule has 10 aromatic rings. The van der Waals surface area contributed by atoms with Crippen molar-refractivity contribution in [1.82, 2.24) is 0 Å². The molecule has 0 saturated carbocycles. The molecule has 66 heavy (non-hydrogen) atoms. The van der Waals surface area contributed by atoms with Crippen molar-refractivity contribution >= 4 is 27.8 Å². The van der Waals surface area contributed by atoms with Crippen LogP contribution < -0.4 is 4.90 Å². The number of nitrogens with zero attached hydrogens (tertiary/aromatic N) is 1. The van der Waals surface area contributed by atoms with Crippen LogP contribution in [0.1, 0.15) is 57.3 Å². The molecule has 0 aromatic heterocycles. The number of rotatable bonds is 8. The molecule has 3 aliphatic carbocycles. The lowest BCUT2D eigenvalue weighted by Crippen LogP contribution is -2.28. The van der Waals surface area contributed by atoms with Gasteiger partial charge in [-0.3, -0.25) is 0 Å². The van der Waals surface area contributed by atoms with E-state index in [4.69, 9.17) is 0 Å². The van der Waals surface area contributed by atoms with E-state index in [0.717, 1.165) is 24.9 Å². The van der Waals surface area contributed by atoms with E-state index in [2.05, 4.69) is 229 Å². The third-order valence-electron chi connectivity index (χ3n) is 15.1. The minimum Gasteiger partial charge on any atom is -0.310 e. The summed E-state index contributed by atoms with van der Waals surface area (Å²) in [6.45, 7) is 0. The molecule has 0 amide bonds. The summed E-state index contributed by atoms with van der Waals surface area (Å²) in [5, 5.41) is 2.53. The van der Waals surface area contributed by atoms with Crippen molar-refractivity contribution < 1.29 is 0 Å². The molecule has 0 N–H and O–H groups in total. The number of hydrogen-bond acceptors (Lipinski definition) is 1. The van der Waals surface area contributed by atoms with Crippen molar-refractivity contribution in [2.75, 3.05) is 4.90 Å². The predicted molar refractivity (Wildman–Crippen MR) is 276 cm³/mol. The van der Waals surface area contributed by atoms with Crippen LogP contribution in [-0.4, -0.2) is 0 Å². The highest BCUT2D eigenvalue weighted by Crippen LogP contribution is 2.59. The monoisotopic (exact) mass is 843 g/mol. The van der Waals surface area contributed by atoms with E-state index in [1.807, 2.05) is 0 Å². The van der Waals surface area contributed by atoms with Gasteiger partial charge >= 0.3 is 0 Å². The zero-order chi connectivity index (χ0) is 43.6. The number of fused-ring (bicyclic) bond motifs is 6. The molecule has 0 heterocycles. The van der Waals surface area contributed by atoms with Gasteiger partial charge in [-0.05, 0) is 169 Å². The zero-order valence-corrected chi connectivity index (χ0v) is 37.1. The molecular weight excluding hydrogens is 795 g/mol. The molecule has 0 spiro atoms. The van der Waals surface area contributed by atoms with Gasteiger partial charge in [-0.1, -0.05) is 194 Å². The van der Waals surface area contributed by atoms with E-state index < -0.39 is 5.41 Å². The fourth-order valence-corrected chi connectivity index (χ4v) is 12.2. The molecule has 0 atom stereocenters. The Morgan fingerprint density at radius 3 is 1.73 bits per heavy atom. The second kappa shape index (κ2) is 15.8. The largest absolute Gasteiger partial charge is 0.310 e. The van der Waals surface area contributed by atoms with Gasteiger partial charge in [-0.2, -0.15) is 0 Å². The average molecular weight is 844 g/mol. The van der Waals surface area contributed by atoms with Crippen molar-refractivity contribution in [2.45, 2.75) is 43.9 Å². The second-order valence-corrected chi connectivity index (χ2v) is 18.5. The zero-order valence-electron chi connectivity index (χ0n) is 37.1. The summed E-state index contributed by atoms with van der Waals surface area (Å²) in [6.07, 6.45) is 6.93. The molecule has 0 saturated heterocycles. The molecule has 10 aromatic carbocycles. The van der Waals surface area contributed by atoms with Crippen LogP contribution in [0.2, 0.25) is 0 Å². The van der Waals surface area contributed by atoms with Gasteiger partial charge in [0.2, 0.25) is 0 Å². The van der Waals surface area contributed by atoms with Crippen LogP contribution in [-0.2, 0) is 31.1 Å². The summed E-state index contributed by atoms with van der Waals surface area (Å²) in [7, 11) is 0. The Hall–Kier alpha value is -7.74. The maximum atomic E-state index is 2.58. The maximum absolute atomic E-state index is 2.58. The van der Waals surface area contributed by atoms with Crippen molar-refractivity contribution in [3.63, 3.8) is 0 Å². The highest BCUT2D eigenvalue weighted by Gasteiger charge is 2.47. The van der Waals surface area contributed by atoms with Gasteiger partial charge in [0, 0.05) is 17.1 Å². The molecule has 314 valence electrons. The molecule has 13 rings (SSSR count). The molecule has 0 radical (unpaired) electrons. The smallest absolute Gasteiger partial charge is 0.0714 e. The maximum Gasteiger partial charge on any atom is 0.0714 e. The Morgan fingerprint density at radius 1 is 0.348 bits per heavy atom. The van der Waals surface area contributed by atoms with Crippen LogP contribution in [0.15, 0.2) is 224 Å². The third kappa shape index (κ3) is 6.00. The Morgan fingerprint density at radius 2 is 0.924 bits per heavy atom. The van der Waals surface area contributed by atoms with E-state index in [9.17, 15) is 0 Å². The van der Waals surface area contributed by atoms with Crippen molar-refractivity contribution in [2.24, 2.45) is 0 Å². The van der Waals surface area contributed by atoms with Crippen LogP contribution in [0, 0.1) is 0 Å². The van der Waals surface area contributed by atoms with Gasteiger partial charge in [0.25, 0.3) is 0 Å². The Balaban J connectivity index is 1.06.